The quantitative estimate of drug-likeness (QED) is 0.219. The zero-order valence-electron chi connectivity index (χ0n) is 31.7. The molecule has 0 radical (unpaired) electrons. The fourth-order valence-corrected chi connectivity index (χ4v) is 8.31. The molecular weight excluding hydrogens is 654 g/mol. The first-order chi connectivity index (χ1) is 23.3. The first-order valence-corrected chi connectivity index (χ1v) is 18.2. The van der Waals surface area contributed by atoms with Gasteiger partial charge in [-0.2, -0.15) is 0 Å². The Morgan fingerprint density at radius 1 is 0.900 bits per heavy atom. The van der Waals surface area contributed by atoms with Crippen molar-refractivity contribution in [2.45, 2.75) is 166 Å². The number of carbonyl (C=O) groups is 2. The van der Waals surface area contributed by atoms with Crippen LogP contribution in [0.5, 0.6) is 0 Å². The van der Waals surface area contributed by atoms with Crippen molar-refractivity contribution in [2.75, 3.05) is 27.8 Å². The van der Waals surface area contributed by atoms with E-state index < -0.39 is 102 Å². The summed E-state index contributed by atoms with van der Waals surface area (Å²) in [5.74, 6) is -4.21. The smallest absolute Gasteiger partial charge is 0.311 e. The Morgan fingerprint density at radius 3 is 2.10 bits per heavy atom. The number of likely N-dealkylation sites (N-methyl/N-ethyl adjacent to an activating group) is 1. The van der Waals surface area contributed by atoms with Crippen molar-refractivity contribution in [3.8, 4) is 0 Å². The van der Waals surface area contributed by atoms with Gasteiger partial charge in [0.15, 0.2) is 24.0 Å². The van der Waals surface area contributed by atoms with Gasteiger partial charge in [-0.1, -0.05) is 27.7 Å². The van der Waals surface area contributed by atoms with Crippen molar-refractivity contribution < 1.29 is 63.2 Å². The highest BCUT2D eigenvalue weighted by atomic mass is 16.7. The molecule has 0 amide bonds. The van der Waals surface area contributed by atoms with E-state index in [-0.39, 0.29) is 37.4 Å². The van der Waals surface area contributed by atoms with Crippen LogP contribution in [0.4, 0.5) is 0 Å². The van der Waals surface area contributed by atoms with E-state index in [2.05, 4.69) is 0 Å². The van der Waals surface area contributed by atoms with Crippen LogP contribution in [-0.4, -0.2) is 150 Å². The van der Waals surface area contributed by atoms with E-state index in [0.29, 0.717) is 12.8 Å². The van der Waals surface area contributed by atoms with Gasteiger partial charge in [0.1, 0.15) is 18.3 Å². The predicted molar refractivity (Wildman–Crippen MR) is 180 cm³/mol. The lowest BCUT2D eigenvalue weighted by Crippen LogP contribution is -2.60. The van der Waals surface area contributed by atoms with Gasteiger partial charge in [-0.25, -0.2) is 0 Å². The summed E-state index contributed by atoms with van der Waals surface area (Å²) < 4.78 is 42.8. The summed E-state index contributed by atoms with van der Waals surface area (Å²) in [5, 5.41) is 46.0. The number of hydrogen-bond donors (Lipinski definition) is 4. The summed E-state index contributed by atoms with van der Waals surface area (Å²) in [5.41, 5.74) is -3.20. The van der Waals surface area contributed by atoms with Crippen LogP contribution in [0.25, 0.3) is 0 Å². The standard InChI is InChI=1S/C36H63NO13/c1-12-24-18(3)27(38)19(4)31(41)36(16-45-36)15-35(8,43)32(50-34-29(40)23(37(9)10)13-17(2)46-34)20(5)30(21(6)33(42)48-24)49-26-14-25(44-11)28(39)22(7)47-26/h17-30,32,34,38-40,43H,12-16H2,1-11H3. The first-order valence-electron chi connectivity index (χ1n) is 18.2. The second kappa shape index (κ2) is 16.4. The van der Waals surface area contributed by atoms with Crippen LogP contribution in [0.1, 0.15) is 81.1 Å². The highest BCUT2D eigenvalue weighted by Gasteiger charge is 2.61. The van der Waals surface area contributed by atoms with E-state index in [1.807, 2.05) is 32.8 Å². The molecule has 0 aromatic heterocycles. The Bertz CT molecular complexity index is 1150. The number of aliphatic hydroxyl groups excluding tert-OH is 3. The van der Waals surface area contributed by atoms with E-state index in [1.54, 1.807) is 34.6 Å². The van der Waals surface area contributed by atoms with Crippen molar-refractivity contribution in [3.63, 3.8) is 0 Å². The molecule has 50 heavy (non-hydrogen) atoms. The normalized spacial score (nSPS) is 49.8. The molecule has 18 unspecified atom stereocenters. The Morgan fingerprint density at radius 2 is 1.54 bits per heavy atom. The molecule has 0 bridgehead atoms. The maximum absolute atomic E-state index is 14.0. The number of nitrogens with zero attached hydrogens (tertiary/aromatic N) is 1. The molecule has 0 aromatic carbocycles. The molecule has 0 saturated carbocycles. The summed E-state index contributed by atoms with van der Waals surface area (Å²) in [7, 11) is 5.20. The molecule has 4 aliphatic rings. The predicted octanol–water partition coefficient (Wildman–Crippen LogP) is 1.41. The zero-order valence-corrected chi connectivity index (χ0v) is 31.7. The number of aliphatic hydroxyl groups is 4. The minimum Gasteiger partial charge on any atom is -0.462 e. The molecule has 4 fully saturated rings. The molecule has 4 saturated heterocycles. The van der Waals surface area contributed by atoms with Gasteiger partial charge in [-0.3, -0.25) is 9.59 Å². The molecule has 18 atom stereocenters. The molecule has 14 heteroatoms. The highest BCUT2D eigenvalue weighted by Crippen LogP contribution is 2.45. The summed E-state index contributed by atoms with van der Waals surface area (Å²) in [4.78, 5) is 29.9. The number of hydrogen-bond acceptors (Lipinski definition) is 14. The molecule has 0 aromatic rings. The van der Waals surface area contributed by atoms with Gasteiger partial charge in [0, 0.05) is 43.7 Å². The van der Waals surface area contributed by atoms with Gasteiger partial charge in [0.25, 0.3) is 0 Å². The van der Waals surface area contributed by atoms with Crippen LogP contribution in [0.2, 0.25) is 0 Å². The van der Waals surface area contributed by atoms with Crippen molar-refractivity contribution in [2.24, 2.45) is 23.7 Å². The third kappa shape index (κ3) is 8.73. The molecule has 14 nitrogen and oxygen atoms in total. The van der Waals surface area contributed by atoms with Crippen LogP contribution < -0.4 is 0 Å². The van der Waals surface area contributed by atoms with Crippen LogP contribution in [-0.2, 0) is 42.7 Å². The second-order valence-corrected chi connectivity index (χ2v) is 15.9. The molecule has 290 valence electrons. The lowest BCUT2D eigenvalue weighted by molar-refractivity contribution is -0.311. The number of methoxy groups -OCH3 is 1. The molecule has 1 spiro atoms. The van der Waals surface area contributed by atoms with Crippen molar-refractivity contribution >= 4 is 11.8 Å². The Balaban J connectivity index is 1.81. The van der Waals surface area contributed by atoms with Crippen LogP contribution >= 0.6 is 0 Å². The van der Waals surface area contributed by atoms with Gasteiger partial charge >= 0.3 is 5.97 Å². The molecular formula is C36H63NO13. The Labute approximate surface area is 297 Å². The highest BCUT2D eigenvalue weighted by molar-refractivity contribution is 5.92. The minimum absolute atomic E-state index is 0.0495. The summed E-state index contributed by atoms with van der Waals surface area (Å²) in [6.45, 7) is 13.8. The average molecular weight is 718 g/mol. The van der Waals surface area contributed by atoms with Crippen LogP contribution in [0, 0.1) is 23.7 Å². The van der Waals surface area contributed by atoms with E-state index in [9.17, 15) is 30.0 Å². The molecule has 4 aliphatic heterocycles. The number of rotatable bonds is 7. The molecule has 4 rings (SSSR count). The number of esters is 1. The first kappa shape index (κ1) is 41.5. The van der Waals surface area contributed by atoms with Gasteiger partial charge in [0.2, 0.25) is 0 Å². The van der Waals surface area contributed by atoms with E-state index >= 15 is 0 Å². The zero-order chi connectivity index (χ0) is 37.5. The number of carbonyl (C=O) groups excluding carboxylic acids is 2. The molecule has 4 N–H and O–H groups in total. The number of ketones is 1. The van der Waals surface area contributed by atoms with Gasteiger partial charge in [-0.05, 0) is 54.6 Å². The average Bonchev–Trinajstić information content (AvgIpc) is 3.84. The maximum Gasteiger partial charge on any atom is 0.311 e. The third-order valence-electron chi connectivity index (χ3n) is 11.6. The monoisotopic (exact) mass is 717 g/mol. The second-order valence-electron chi connectivity index (χ2n) is 15.9. The lowest BCUT2D eigenvalue weighted by Gasteiger charge is -2.48. The van der Waals surface area contributed by atoms with E-state index in [4.69, 9.17) is 33.2 Å². The molecule has 4 heterocycles. The number of cyclic esters (lactones) is 1. The largest absolute Gasteiger partial charge is 0.462 e. The summed E-state index contributed by atoms with van der Waals surface area (Å²) in [6.07, 6.45) is -8.80. The Hall–Kier alpha value is -1.30. The fraction of sp³-hybridized carbons (Fsp3) is 0.944. The topological polar surface area (TPSA) is 186 Å². The third-order valence-corrected chi connectivity index (χ3v) is 11.6. The number of epoxide rings is 1. The summed E-state index contributed by atoms with van der Waals surface area (Å²) >= 11 is 0. The van der Waals surface area contributed by atoms with E-state index in [1.165, 1.54) is 14.0 Å². The minimum atomic E-state index is -1.81. The van der Waals surface area contributed by atoms with Crippen molar-refractivity contribution in [1.29, 1.82) is 0 Å². The Kier molecular flexibility index (Phi) is 13.6. The van der Waals surface area contributed by atoms with Crippen molar-refractivity contribution in [3.05, 3.63) is 0 Å². The number of Topliss-reactive ketones (excluding diaryl/α,β-unsaturated/α-hetero) is 1. The SMILES string of the molecule is CCC1OC(=O)C(C)C(OC2CC(OC)C(O)C(C)O2)C(C)C(OC2OC(C)CC(N(C)C)C2O)C(C)(O)CC2(CO2)C(=O)C(C)C(O)C1C. The lowest BCUT2D eigenvalue weighted by atomic mass is 9.74. The fourth-order valence-electron chi connectivity index (χ4n) is 8.31. The molecule has 0 aliphatic carbocycles. The van der Waals surface area contributed by atoms with Gasteiger partial charge in [-0.15, -0.1) is 0 Å². The number of ether oxygens (including phenoxy) is 7. The van der Waals surface area contributed by atoms with Crippen molar-refractivity contribution in [1.82, 2.24) is 4.90 Å². The van der Waals surface area contributed by atoms with Gasteiger partial charge in [0.05, 0.1) is 54.7 Å². The van der Waals surface area contributed by atoms with E-state index in [0.717, 1.165) is 0 Å². The van der Waals surface area contributed by atoms with Crippen LogP contribution in [0.3, 0.4) is 0 Å². The van der Waals surface area contributed by atoms with Gasteiger partial charge < -0.3 is 58.5 Å². The van der Waals surface area contributed by atoms with Crippen LogP contribution in [0.15, 0.2) is 0 Å². The maximum atomic E-state index is 14.0. The summed E-state index contributed by atoms with van der Waals surface area (Å²) in [6, 6.07) is -0.312.